The van der Waals surface area contributed by atoms with Gasteiger partial charge in [0.2, 0.25) is 0 Å². The molecule has 1 atom stereocenters. The molecule has 1 fully saturated rings. The number of amides is 1. The van der Waals surface area contributed by atoms with Crippen LogP contribution >= 0.6 is 0 Å². The van der Waals surface area contributed by atoms with E-state index in [1.165, 1.54) is 0 Å². The molecule has 1 aromatic rings. The molecule has 4 nitrogen and oxygen atoms in total. The Labute approximate surface area is 108 Å². The number of unbranched alkanes of at least 4 members (excludes halogenated alkanes) is 1. The molecule has 1 saturated heterocycles. The summed E-state index contributed by atoms with van der Waals surface area (Å²) in [5.74, 6) is 0. The van der Waals surface area contributed by atoms with E-state index in [-0.39, 0.29) is 12.1 Å². The SMILES string of the molecule is CCCCOC(=O)N1CCC[C@H]1c1ccccn1. The average Bonchev–Trinajstić information content (AvgIpc) is 2.89. The molecule has 2 heterocycles. The maximum atomic E-state index is 12.0. The van der Waals surface area contributed by atoms with Crippen LogP contribution < -0.4 is 0 Å². The standard InChI is InChI=1S/C14H20N2O2/c1-2-3-11-18-14(17)16-10-6-8-13(16)12-7-4-5-9-15-12/h4-5,7,9,13H,2-3,6,8,10-11H2,1H3/t13-/m0/s1. The van der Waals surface area contributed by atoms with Crippen LogP contribution in [-0.2, 0) is 4.74 Å². The second-order valence-corrected chi connectivity index (χ2v) is 4.57. The van der Waals surface area contributed by atoms with Crippen LogP contribution in [0.25, 0.3) is 0 Å². The van der Waals surface area contributed by atoms with Crippen LogP contribution in [0.4, 0.5) is 4.79 Å². The number of rotatable bonds is 4. The van der Waals surface area contributed by atoms with Crippen LogP contribution in [0.1, 0.15) is 44.3 Å². The number of hydrogen-bond acceptors (Lipinski definition) is 3. The highest BCUT2D eigenvalue weighted by Gasteiger charge is 2.31. The van der Waals surface area contributed by atoms with Crippen LogP contribution in [0.3, 0.4) is 0 Å². The fourth-order valence-corrected chi connectivity index (χ4v) is 2.25. The minimum atomic E-state index is -0.198. The normalized spacial score (nSPS) is 18.9. The number of likely N-dealkylation sites (tertiary alicyclic amines) is 1. The van der Waals surface area contributed by atoms with E-state index in [4.69, 9.17) is 4.74 Å². The molecular formula is C14H20N2O2. The molecule has 2 rings (SSSR count). The van der Waals surface area contributed by atoms with Gasteiger partial charge in [-0.15, -0.1) is 0 Å². The second kappa shape index (κ2) is 6.38. The van der Waals surface area contributed by atoms with E-state index in [0.717, 1.165) is 37.9 Å². The summed E-state index contributed by atoms with van der Waals surface area (Å²) in [6.07, 6.45) is 5.53. The Morgan fingerprint density at radius 3 is 3.17 bits per heavy atom. The maximum Gasteiger partial charge on any atom is 0.410 e. The van der Waals surface area contributed by atoms with E-state index < -0.39 is 0 Å². The molecular weight excluding hydrogens is 228 g/mol. The zero-order chi connectivity index (χ0) is 12.8. The van der Waals surface area contributed by atoms with E-state index in [0.29, 0.717) is 6.61 Å². The Morgan fingerprint density at radius 1 is 1.56 bits per heavy atom. The summed E-state index contributed by atoms with van der Waals surface area (Å²) in [6, 6.07) is 5.91. The van der Waals surface area contributed by atoms with Crippen molar-refractivity contribution in [3.05, 3.63) is 30.1 Å². The molecule has 98 valence electrons. The molecule has 0 radical (unpaired) electrons. The number of pyridine rings is 1. The fourth-order valence-electron chi connectivity index (χ4n) is 2.25. The van der Waals surface area contributed by atoms with Crippen LogP contribution in [0.15, 0.2) is 24.4 Å². The van der Waals surface area contributed by atoms with Crippen molar-refractivity contribution in [2.75, 3.05) is 13.2 Å². The number of ether oxygens (including phenoxy) is 1. The fraction of sp³-hybridized carbons (Fsp3) is 0.571. The third-order valence-electron chi connectivity index (χ3n) is 3.24. The average molecular weight is 248 g/mol. The zero-order valence-electron chi connectivity index (χ0n) is 10.8. The molecule has 0 saturated carbocycles. The van der Waals surface area contributed by atoms with Crippen molar-refractivity contribution in [3.63, 3.8) is 0 Å². The van der Waals surface area contributed by atoms with E-state index in [2.05, 4.69) is 11.9 Å². The van der Waals surface area contributed by atoms with Crippen LogP contribution in [0, 0.1) is 0 Å². The molecule has 1 aromatic heterocycles. The van der Waals surface area contributed by atoms with Gasteiger partial charge in [0, 0.05) is 12.7 Å². The largest absolute Gasteiger partial charge is 0.449 e. The van der Waals surface area contributed by atoms with Gasteiger partial charge in [0.25, 0.3) is 0 Å². The molecule has 4 heteroatoms. The summed E-state index contributed by atoms with van der Waals surface area (Å²) in [7, 11) is 0. The van der Waals surface area contributed by atoms with Gasteiger partial charge in [-0.3, -0.25) is 9.88 Å². The van der Waals surface area contributed by atoms with Crippen molar-refractivity contribution < 1.29 is 9.53 Å². The van der Waals surface area contributed by atoms with Crippen molar-refractivity contribution in [1.29, 1.82) is 0 Å². The monoisotopic (exact) mass is 248 g/mol. The predicted octanol–water partition coefficient (Wildman–Crippen LogP) is 3.16. The lowest BCUT2D eigenvalue weighted by molar-refractivity contribution is 0.0962. The van der Waals surface area contributed by atoms with Crippen LogP contribution in [0.5, 0.6) is 0 Å². The number of carbonyl (C=O) groups is 1. The van der Waals surface area contributed by atoms with Gasteiger partial charge >= 0.3 is 6.09 Å². The summed E-state index contributed by atoms with van der Waals surface area (Å²) in [5.41, 5.74) is 0.961. The first-order valence-corrected chi connectivity index (χ1v) is 6.67. The molecule has 0 aliphatic carbocycles. The minimum Gasteiger partial charge on any atom is -0.449 e. The Kier molecular flexibility index (Phi) is 4.56. The van der Waals surface area contributed by atoms with Crippen molar-refractivity contribution >= 4 is 6.09 Å². The quantitative estimate of drug-likeness (QED) is 0.769. The first-order chi connectivity index (χ1) is 8.83. The number of carbonyl (C=O) groups excluding carboxylic acids is 1. The Balaban J connectivity index is 1.97. The highest BCUT2D eigenvalue weighted by molar-refractivity contribution is 5.68. The molecule has 18 heavy (non-hydrogen) atoms. The predicted molar refractivity (Wildman–Crippen MR) is 69.2 cm³/mol. The Morgan fingerprint density at radius 2 is 2.44 bits per heavy atom. The first kappa shape index (κ1) is 12.9. The second-order valence-electron chi connectivity index (χ2n) is 4.57. The summed E-state index contributed by atoms with van der Waals surface area (Å²) >= 11 is 0. The van der Waals surface area contributed by atoms with Gasteiger partial charge < -0.3 is 4.74 Å². The van der Waals surface area contributed by atoms with Crippen LogP contribution in [0.2, 0.25) is 0 Å². The first-order valence-electron chi connectivity index (χ1n) is 6.67. The maximum absolute atomic E-state index is 12.0. The minimum absolute atomic E-state index is 0.0836. The van der Waals surface area contributed by atoms with E-state index in [9.17, 15) is 4.79 Å². The zero-order valence-corrected chi connectivity index (χ0v) is 10.8. The third-order valence-corrected chi connectivity index (χ3v) is 3.24. The third kappa shape index (κ3) is 3.00. The van der Waals surface area contributed by atoms with Gasteiger partial charge in [0.05, 0.1) is 18.3 Å². The van der Waals surface area contributed by atoms with E-state index in [1.807, 2.05) is 18.2 Å². The number of aromatic nitrogens is 1. The van der Waals surface area contributed by atoms with Crippen LogP contribution in [-0.4, -0.2) is 29.1 Å². The highest BCUT2D eigenvalue weighted by atomic mass is 16.6. The number of hydrogen-bond donors (Lipinski definition) is 0. The van der Waals surface area contributed by atoms with Crippen molar-refractivity contribution in [1.82, 2.24) is 9.88 Å². The van der Waals surface area contributed by atoms with Crippen molar-refractivity contribution in [2.24, 2.45) is 0 Å². The Hall–Kier alpha value is -1.58. The lowest BCUT2D eigenvalue weighted by atomic mass is 10.1. The van der Waals surface area contributed by atoms with Crippen molar-refractivity contribution in [2.45, 2.75) is 38.6 Å². The van der Waals surface area contributed by atoms with Gasteiger partial charge in [0.15, 0.2) is 0 Å². The summed E-state index contributed by atoms with van der Waals surface area (Å²) in [4.78, 5) is 18.1. The molecule has 0 unspecified atom stereocenters. The van der Waals surface area contributed by atoms with Gasteiger partial charge in [-0.2, -0.15) is 0 Å². The molecule has 0 spiro atoms. The molecule has 1 amide bonds. The van der Waals surface area contributed by atoms with Gasteiger partial charge in [-0.1, -0.05) is 19.4 Å². The summed E-state index contributed by atoms with van der Waals surface area (Å²) < 4.78 is 5.28. The topological polar surface area (TPSA) is 42.4 Å². The molecule has 0 aromatic carbocycles. The molecule has 1 aliphatic heterocycles. The van der Waals surface area contributed by atoms with Gasteiger partial charge in [-0.25, -0.2) is 4.79 Å². The van der Waals surface area contributed by atoms with Gasteiger partial charge in [0.1, 0.15) is 0 Å². The van der Waals surface area contributed by atoms with E-state index >= 15 is 0 Å². The molecule has 0 N–H and O–H groups in total. The van der Waals surface area contributed by atoms with E-state index in [1.54, 1.807) is 11.1 Å². The lowest BCUT2D eigenvalue weighted by Gasteiger charge is -2.23. The Bertz CT molecular complexity index is 381. The summed E-state index contributed by atoms with van der Waals surface area (Å²) in [6.45, 7) is 3.37. The van der Waals surface area contributed by atoms with Gasteiger partial charge in [-0.05, 0) is 31.4 Å². The smallest absolute Gasteiger partial charge is 0.410 e. The molecule has 0 bridgehead atoms. The van der Waals surface area contributed by atoms with Crippen molar-refractivity contribution in [3.8, 4) is 0 Å². The molecule has 1 aliphatic rings. The highest BCUT2D eigenvalue weighted by Crippen LogP contribution is 2.30. The number of nitrogens with zero attached hydrogens (tertiary/aromatic N) is 2. The summed E-state index contributed by atoms with van der Waals surface area (Å²) in [5, 5.41) is 0. The lowest BCUT2D eigenvalue weighted by Crippen LogP contribution is -2.31.